The van der Waals surface area contributed by atoms with Gasteiger partial charge in [0.15, 0.2) is 0 Å². The molecule has 2 aliphatic rings. The zero-order chi connectivity index (χ0) is 24.6. The quantitative estimate of drug-likeness (QED) is 0.529. The van der Waals surface area contributed by atoms with Crippen LogP contribution in [0.15, 0.2) is 48.5 Å². The third kappa shape index (κ3) is 6.00. The van der Waals surface area contributed by atoms with E-state index in [1.54, 1.807) is 0 Å². The number of carbonyl (C=O) groups excluding carboxylic acids is 2. The van der Waals surface area contributed by atoms with Gasteiger partial charge >= 0.3 is 12.1 Å². The third-order valence-electron chi connectivity index (χ3n) is 6.68. The lowest BCUT2D eigenvalue weighted by Gasteiger charge is -2.27. The van der Waals surface area contributed by atoms with E-state index in [4.69, 9.17) is 9.47 Å². The second-order valence-electron chi connectivity index (χ2n) is 8.91. The Hall–Kier alpha value is -3.39. The maximum absolute atomic E-state index is 12.5. The summed E-state index contributed by atoms with van der Waals surface area (Å²) in [5.74, 6) is -1.15. The summed E-state index contributed by atoms with van der Waals surface area (Å²) in [7, 11) is 0. The summed E-state index contributed by atoms with van der Waals surface area (Å²) >= 11 is 0. The van der Waals surface area contributed by atoms with Gasteiger partial charge in [-0.25, -0.2) is 9.59 Å². The van der Waals surface area contributed by atoms with Crippen molar-refractivity contribution in [3.8, 4) is 11.1 Å². The second-order valence-corrected chi connectivity index (χ2v) is 8.91. The average molecular weight is 481 g/mol. The van der Waals surface area contributed by atoms with Crippen molar-refractivity contribution in [1.29, 1.82) is 0 Å². The third-order valence-corrected chi connectivity index (χ3v) is 6.68. The molecule has 0 aromatic heterocycles. The number of hydrogen-bond acceptors (Lipinski definition) is 5. The summed E-state index contributed by atoms with van der Waals surface area (Å²) in [6.07, 6.45) is 2.67. The predicted octanol–water partition coefficient (Wildman–Crippen LogP) is 3.79. The van der Waals surface area contributed by atoms with Crippen molar-refractivity contribution in [1.82, 2.24) is 10.2 Å². The number of carboxylic acid groups (broad SMARTS) is 1. The first-order chi connectivity index (χ1) is 17.1. The van der Waals surface area contributed by atoms with Crippen molar-refractivity contribution in [2.45, 2.75) is 44.1 Å². The van der Waals surface area contributed by atoms with Gasteiger partial charge in [-0.15, -0.1) is 0 Å². The first-order valence-electron chi connectivity index (χ1n) is 12.2. The van der Waals surface area contributed by atoms with Crippen LogP contribution in [0.1, 0.15) is 49.1 Å². The van der Waals surface area contributed by atoms with Gasteiger partial charge in [0.1, 0.15) is 12.6 Å². The minimum absolute atomic E-state index is 0.00373. The molecule has 1 unspecified atom stereocenters. The van der Waals surface area contributed by atoms with Crippen molar-refractivity contribution >= 4 is 18.0 Å². The van der Waals surface area contributed by atoms with E-state index in [0.29, 0.717) is 13.0 Å². The Bertz CT molecular complexity index is 1010. The molecule has 1 saturated heterocycles. The first-order valence-corrected chi connectivity index (χ1v) is 12.2. The van der Waals surface area contributed by atoms with Gasteiger partial charge in [-0.2, -0.15) is 0 Å². The van der Waals surface area contributed by atoms with Gasteiger partial charge in [-0.3, -0.25) is 4.79 Å². The molecular formula is C27H32N2O6. The minimum atomic E-state index is -0.950. The van der Waals surface area contributed by atoms with Gasteiger partial charge < -0.3 is 24.8 Å². The Balaban J connectivity index is 1.15. The van der Waals surface area contributed by atoms with Crippen LogP contribution < -0.4 is 5.32 Å². The molecule has 0 radical (unpaired) electrons. The molecule has 8 heteroatoms. The van der Waals surface area contributed by atoms with Gasteiger partial charge in [0, 0.05) is 19.0 Å². The van der Waals surface area contributed by atoms with E-state index in [1.807, 2.05) is 24.3 Å². The van der Waals surface area contributed by atoms with Crippen LogP contribution in [0, 0.1) is 0 Å². The molecule has 1 heterocycles. The molecule has 2 N–H and O–H groups in total. The number of fused-ring (bicyclic) bond motifs is 3. The maximum atomic E-state index is 12.5. The lowest BCUT2D eigenvalue weighted by atomic mass is 9.98. The number of amides is 2. The molecule has 2 aromatic carbocycles. The number of alkyl carbamates (subject to hydrolysis) is 1. The van der Waals surface area contributed by atoms with Crippen LogP contribution in [0.3, 0.4) is 0 Å². The van der Waals surface area contributed by atoms with E-state index in [-0.39, 0.29) is 44.6 Å². The van der Waals surface area contributed by atoms with Crippen LogP contribution in [-0.4, -0.2) is 66.9 Å². The highest BCUT2D eigenvalue weighted by molar-refractivity contribution is 5.83. The van der Waals surface area contributed by atoms with Gasteiger partial charge in [0.25, 0.3) is 0 Å². The summed E-state index contributed by atoms with van der Waals surface area (Å²) in [6, 6.07) is 15.6. The second kappa shape index (κ2) is 11.8. The van der Waals surface area contributed by atoms with Crippen molar-refractivity contribution in [2.24, 2.45) is 0 Å². The van der Waals surface area contributed by atoms with Gasteiger partial charge in [0.05, 0.1) is 19.6 Å². The van der Waals surface area contributed by atoms with Crippen molar-refractivity contribution < 1.29 is 29.0 Å². The van der Waals surface area contributed by atoms with Crippen LogP contribution >= 0.6 is 0 Å². The lowest BCUT2D eigenvalue weighted by Crippen LogP contribution is -2.45. The summed E-state index contributed by atoms with van der Waals surface area (Å²) in [5.41, 5.74) is 4.66. The van der Waals surface area contributed by atoms with E-state index < -0.39 is 18.1 Å². The van der Waals surface area contributed by atoms with Crippen LogP contribution in [0.5, 0.6) is 0 Å². The van der Waals surface area contributed by atoms with Crippen LogP contribution in [0.25, 0.3) is 11.1 Å². The monoisotopic (exact) mass is 480 g/mol. The molecular weight excluding hydrogens is 448 g/mol. The first kappa shape index (κ1) is 24.7. The molecule has 0 saturated carbocycles. The molecule has 8 nitrogen and oxygen atoms in total. The summed E-state index contributed by atoms with van der Waals surface area (Å²) in [6.45, 7) is 1.38. The number of benzene rings is 2. The fraction of sp³-hybridized carbons (Fsp3) is 0.444. The smallest absolute Gasteiger partial charge is 0.407 e. The van der Waals surface area contributed by atoms with E-state index in [1.165, 1.54) is 16.0 Å². The Morgan fingerprint density at radius 3 is 2.31 bits per heavy atom. The number of aliphatic carboxylic acids is 1. The van der Waals surface area contributed by atoms with Crippen LogP contribution in [0.2, 0.25) is 0 Å². The summed E-state index contributed by atoms with van der Waals surface area (Å²) in [4.78, 5) is 37.6. The van der Waals surface area contributed by atoms with E-state index in [0.717, 1.165) is 30.4 Å². The van der Waals surface area contributed by atoms with E-state index >= 15 is 0 Å². The molecule has 0 bridgehead atoms. The van der Waals surface area contributed by atoms with Crippen molar-refractivity contribution in [3.05, 3.63) is 59.7 Å². The minimum Gasteiger partial charge on any atom is -0.480 e. The molecule has 2 amide bonds. The molecule has 35 heavy (non-hydrogen) atoms. The number of carbonyl (C=O) groups is 3. The lowest BCUT2D eigenvalue weighted by molar-refractivity contribution is -0.150. The maximum Gasteiger partial charge on any atom is 0.407 e. The molecule has 2 aromatic rings. The van der Waals surface area contributed by atoms with E-state index in [9.17, 15) is 19.5 Å². The average Bonchev–Trinajstić information content (AvgIpc) is 3.00. The number of rotatable bonds is 9. The van der Waals surface area contributed by atoms with Gasteiger partial charge in [0.2, 0.25) is 5.91 Å². The molecule has 186 valence electrons. The number of carboxylic acids is 1. The molecule has 4 rings (SSSR count). The van der Waals surface area contributed by atoms with Gasteiger partial charge in [-0.1, -0.05) is 61.4 Å². The highest BCUT2D eigenvalue weighted by Crippen LogP contribution is 2.44. The standard InChI is InChI=1S/C27H32N2O6/c30-25(29-15-7-1-2-12-24(29)26(31)32)13-16-34-17-14-28-27(33)35-18-23-21-10-5-3-8-19(21)20-9-4-6-11-22(20)23/h3-6,8-11,23-24H,1-2,7,12-18H2,(H,28,33)(H,31,32). The van der Waals surface area contributed by atoms with E-state index in [2.05, 4.69) is 29.6 Å². The van der Waals surface area contributed by atoms with Crippen LogP contribution in [-0.2, 0) is 19.1 Å². The number of hydrogen-bond donors (Lipinski definition) is 2. The van der Waals surface area contributed by atoms with Gasteiger partial charge in [-0.05, 0) is 35.1 Å². The topological polar surface area (TPSA) is 105 Å². The Kier molecular flexibility index (Phi) is 8.36. The molecule has 1 fully saturated rings. The number of likely N-dealkylation sites (tertiary alicyclic amines) is 1. The number of ether oxygens (including phenoxy) is 2. The highest BCUT2D eigenvalue weighted by Gasteiger charge is 2.31. The Morgan fingerprint density at radius 2 is 1.63 bits per heavy atom. The molecule has 1 aliphatic carbocycles. The molecule has 0 spiro atoms. The Labute approximate surface area is 205 Å². The summed E-state index contributed by atoms with van der Waals surface area (Å²) < 4.78 is 11.0. The van der Waals surface area contributed by atoms with Crippen molar-refractivity contribution in [3.63, 3.8) is 0 Å². The zero-order valence-electron chi connectivity index (χ0n) is 19.8. The number of nitrogens with zero attached hydrogens (tertiary/aromatic N) is 1. The highest BCUT2D eigenvalue weighted by atomic mass is 16.5. The largest absolute Gasteiger partial charge is 0.480 e. The molecule has 1 atom stereocenters. The number of nitrogens with one attached hydrogen (secondary N) is 1. The predicted molar refractivity (Wildman–Crippen MR) is 130 cm³/mol. The zero-order valence-corrected chi connectivity index (χ0v) is 19.8. The van der Waals surface area contributed by atoms with Crippen LogP contribution in [0.4, 0.5) is 4.79 Å². The fourth-order valence-corrected chi connectivity index (χ4v) is 4.94. The SMILES string of the molecule is O=C(NCCOCCC(=O)N1CCCCCC1C(=O)O)OCC1c2ccccc2-c2ccccc21. The molecule has 1 aliphatic heterocycles. The normalized spacial score (nSPS) is 17.3. The fourth-order valence-electron chi connectivity index (χ4n) is 4.94. The summed E-state index contributed by atoms with van der Waals surface area (Å²) in [5, 5.41) is 12.1. The Morgan fingerprint density at radius 1 is 0.943 bits per heavy atom. The van der Waals surface area contributed by atoms with Crippen molar-refractivity contribution in [2.75, 3.05) is 32.9 Å².